The first-order valence-corrected chi connectivity index (χ1v) is 7.88. The molecular weight excluding hydrogens is 290 g/mol. The molecule has 0 spiro atoms. The smallest absolute Gasteiger partial charge is 0.227 e. The van der Waals surface area contributed by atoms with Crippen LogP contribution in [0.1, 0.15) is 11.3 Å². The molecule has 1 N–H and O–H groups in total. The lowest BCUT2D eigenvalue weighted by atomic mass is 10.1. The largest absolute Gasteiger partial charge is 0.508 e. The number of hydrogen-bond acceptors (Lipinski definition) is 4. The first kappa shape index (κ1) is 15.5. The van der Waals surface area contributed by atoms with Gasteiger partial charge >= 0.3 is 0 Å². The number of pyridine rings is 1. The van der Waals surface area contributed by atoms with Crippen LogP contribution in [0.15, 0.2) is 48.7 Å². The zero-order valence-electron chi connectivity index (χ0n) is 13.1. The van der Waals surface area contributed by atoms with E-state index in [1.54, 1.807) is 24.3 Å². The van der Waals surface area contributed by atoms with E-state index in [2.05, 4.69) is 9.88 Å². The van der Waals surface area contributed by atoms with Crippen LogP contribution in [0.3, 0.4) is 0 Å². The summed E-state index contributed by atoms with van der Waals surface area (Å²) in [5.74, 6) is 0.373. The molecule has 2 heterocycles. The molecule has 120 valence electrons. The van der Waals surface area contributed by atoms with E-state index in [1.807, 2.05) is 29.3 Å². The van der Waals surface area contributed by atoms with Gasteiger partial charge in [0.05, 0.1) is 12.1 Å². The predicted octanol–water partition coefficient (Wildman–Crippen LogP) is 1.67. The zero-order valence-corrected chi connectivity index (χ0v) is 13.1. The van der Waals surface area contributed by atoms with Gasteiger partial charge in [0.15, 0.2) is 0 Å². The van der Waals surface area contributed by atoms with Crippen molar-refractivity contribution in [2.75, 3.05) is 26.2 Å². The van der Waals surface area contributed by atoms with E-state index in [4.69, 9.17) is 0 Å². The second-order valence-electron chi connectivity index (χ2n) is 5.82. The SMILES string of the molecule is O=C(Cc1ccc(O)cc1)N1CCN(Cc2ccccn2)CC1. The van der Waals surface area contributed by atoms with Crippen LogP contribution in [0, 0.1) is 0 Å². The highest BCUT2D eigenvalue weighted by molar-refractivity contribution is 5.78. The Bertz CT molecular complexity index is 635. The van der Waals surface area contributed by atoms with Gasteiger partial charge in [0.1, 0.15) is 5.75 Å². The monoisotopic (exact) mass is 311 g/mol. The molecule has 1 aliphatic rings. The van der Waals surface area contributed by atoms with Crippen molar-refractivity contribution in [1.29, 1.82) is 0 Å². The number of piperazine rings is 1. The van der Waals surface area contributed by atoms with Gasteiger partial charge in [-0.1, -0.05) is 18.2 Å². The summed E-state index contributed by atoms with van der Waals surface area (Å²) in [5, 5.41) is 9.28. The maximum atomic E-state index is 12.3. The zero-order chi connectivity index (χ0) is 16.1. The quantitative estimate of drug-likeness (QED) is 0.933. The van der Waals surface area contributed by atoms with Crippen LogP contribution < -0.4 is 0 Å². The molecular formula is C18H21N3O2. The standard InChI is InChI=1S/C18H21N3O2/c22-17-6-4-15(5-7-17)13-18(23)21-11-9-20(10-12-21)14-16-3-1-2-8-19-16/h1-8,22H,9-14H2. The Morgan fingerprint density at radius 1 is 1.04 bits per heavy atom. The summed E-state index contributed by atoms with van der Waals surface area (Å²) >= 11 is 0. The summed E-state index contributed by atoms with van der Waals surface area (Å²) in [4.78, 5) is 20.9. The van der Waals surface area contributed by atoms with Gasteiger partial charge in [-0.15, -0.1) is 0 Å². The maximum absolute atomic E-state index is 12.3. The van der Waals surface area contributed by atoms with Crippen molar-refractivity contribution >= 4 is 5.91 Å². The molecule has 0 radical (unpaired) electrons. The predicted molar refractivity (Wildman–Crippen MR) is 87.9 cm³/mol. The van der Waals surface area contributed by atoms with Crippen molar-refractivity contribution < 1.29 is 9.90 Å². The fourth-order valence-corrected chi connectivity index (χ4v) is 2.78. The highest BCUT2D eigenvalue weighted by Gasteiger charge is 2.21. The number of benzene rings is 1. The summed E-state index contributed by atoms with van der Waals surface area (Å²) in [6.07, 6.45) is 2.20. The second-order valence-corrected chi connectivity index (χ2v) is 5.82. The van der Waals surface area contributed by atoms with Gasteiger partial charge in [0.25, 0.3) is 0 Å². The molecule has 3 rings (SSSR count). The van der Waals surface area contributed by atoms with E-state index in [9.17, 15) is 9.90 Å². The first-order chi connectivity index (χ1) is 11.2. The second kappa shape index (κ2) is 7.24. The first-order valence-electron chi connectivity index (χ1n) is 7.88. The number of hydrogen-bond donors (Lipinski definition) is 1. The Balaban J connectivity index is 1.48. The molecule has 23 heavy (non-hydrogen) atoms. The topological polar surface area (TPSA) is 56.7 Å². The van der Waals surface area contributed by atoms with Gasteiger partial charge < -0.3 is 10.0 Å². The Hall–Kier alpha value is -2.40. The lowest BCUT2D eigenvalue weighted by molar-refractivity contribution is -0.132. The highest BCUT2D eigenvalue weighted by Crippen LogP contribution is 2.12. The van der Waals surface area contributed by atoms with E-state index in [1.165, 1.54) is 0 Å². The number of rotatable bonds is 4. The Kier molecular flexibility index (Phi) is 4.88. The average Bonchev–Trinajstić information content (AvgIpc) is 2.58. The van der Waals surface area contributed by atoms with Crippen LogP contribution in [-0.4, -0.2) is 52.0 Å². The number of carbonyl (C=O) groups excluding carboxylic acids is 1. The van der Waals surface area contributed by atoms with E-state index in [0.29, 0.717) is 6.42 Å². The van der Waals surface area contributed by atoms with Crippen LogP contribution in [0.2, 0.25) is 0 Å². The third-order valence-electron chi connectivity index (χ3n) is 4.13. The number of phenolic OH excluding ortho intramolecular Hbond substituents is 1. The van der Waals surface area contributed by atoms with Crippen molar-refractivity contribution in [3.8, 4) is 5.75 Å². The van der Waals surface area contributed by atoms with Crippen LogP contribution in [0.25, 0.3) is 0 Å². The fraction of sp³-hybridized carbons (Fsp3) is 0.333. The molecule has 1 aliphatic heterocycles. The third-order valence-corrected chi connectivity index (χ3v) is 4.13. The van der Waals surface area contributed by atoms with Crippen molar-refractivity contribution in [3.63, 3.8) is 0 Å². The van der Waals surface area contributed by atoms with Crippen LogP contribution in [0.4, 0.5) is 0 Å². The fourth-order valence-electron chi connectivity index (χ4n) is 2.78. The van der Waals surface area contributed by atoms with Gasteiger partial charge in [-0.25, -0.2) is 0 Å². The van der Waals surface area contributed by atoms with Gasteiger partial charge in [-0.3, -0.25) is 14.7 Å². The molecule has 1 saturated heterocycles. The van der Waals surface area contributed by atoms with E-state index < -0.39 is 0 Å². The van der Waals surface area contributed by atoms with Gasteiger partial charge in [0.2, 0.25) is 5.91 Å². The minimum atomic E-state index is 0.146. The normalized spacial score (nSPS) is 15.6. The molecule has 0 atom stereocenters. The molecule has 1 aromatic carbocycles. The molecule has 5 heteroatoms. The van der Waals surface area contributed by atoms with Gasteiger partial charge in [0, 0.05) is 38.9 Å². The number of phenols is 1. The summed E-state index contributed by atoms with van der Waals surface area (Å²) in [7, 11) is 0. The molecule has 0 aliphatic carbocycles. The summed E-state index contributed by atoms with van der Waals surface area (Å²) < 4.78 is 0. The summed E-state index contributed by atoms with van der Waals surface area (Å²) in [6.45, 7) is 4.09. The lowest BCUT2D eigenvalue weighted by Gasteiger charge is -2.34. The van der Waals surface area contributed by atoms with Crippen LogP contribution >= 0.6 is 0 Å². The third kappa shape index (κ3) is 4.29. The number of amides is 1. The van der Waals surface area contributed by atoms with E-state index in [0.717, 1.165) is 44.0 Å². The highest BCUT2D eigenvalue weighted by atomic mass is 16.3. The van der Waals surface area contributed by atoms with Crippen molar-refractivity contribution in [1.82, 2.24) is 14.8 Å². The molecule has 0 saturated carbocycles. The Morgan fingerprint density at radius 3 is 2.43 bits per heavy atom. The van der Waals surface area contributed by atoms with E-state index >= 15 is 0 Å². The van der Waals surface area contributed by atoms with Crippen molar-refractivity contribution in [2.45, 2.75) is 13.0 Å². The number of carbonyl (C=O) groups is 1. The number of nitrogens with zero attached hydrogens (tertiary/aromatic N) is 3. The molecule has 0 bridgehead atoms. The van der Waals surface area contributed by atoms with E-state index in [-0.39, 0.29) is 11.7 Å². The Morgan fingerprint density at radius 2 is 1.78 bits per heavy atom. The minimum Gasteiger partial charge on any atom is -0.508 e. The van der Waals surface area contributed by atoms with Crippen molar-refractivity contribution in [2.24, 2.45) is 0 Å². The molecule has 2 aromatic rings. The molecule has 5 nitrogen and oxygen atoms in total. The minimum absolute atomic E-state index is 0.146. The molecule has 1 amide bonds. The average molecular weight is 311 g/mol. The number of aromatic hydroxyl groups is 1. The molecule has 1 aromatic heterocycles. The number of aromatic nitrogens is 1. The lowest BCUT2D eigenvalue weighted by Crippen LogP contribution is -2.48. The summed E-state index contributed by atoms with van der Waals surface area (Å²) in [6, 6.07) is 12.8. The Labute approximate surface area is 136 Å². The van der Waals surface area contributed by atoms with Gasteiger partial charge in [-0.2, -0.15) is 0 Å². The van der Waals surface area contributed by atoms with Crippen LogP contribution in [-0.2, 0) is 17.8 Å². The van der Waals surface area contributed by atoms with Crippen molar-refractivity contribution in [3.05, 3.63) is 59.9 Å². The van der Waals surface area contributed by atoms with Crippen LogP contribution in [0.5, 0.6) is 5.75 Å². The molecule has 0 unspecified atom stereocenters. The summed E-state index contributed by atoms with van der Waals surface area (Å²) in [5.41, 5.74) is 2.00. The van der Waals surface area contributed by atoms with Gasteiger partial charge in [-0.05, 0) is 29.8 Å². The molecule has 1 fully saturated rings. The maximum Gasteiger partial charge on any atom is 0.227 e.